The number of rotatable bonds is 4. The van der Waals surface area contributed by atoms with Gasteiger partial charge in [-0.15, -0.1) is 0 Å². The fourth-order valence-electron chi connectivity index (χ4n) is 1.70. The molecule has 21 heavy (non-hydrogen) atoms. The molecule has 2 aromatic rings. The maximum atomic E-state index is 12.2. The predicted octanol–water partition coefficient (Wildman–Crippen LogP) is 2.94. The van der Waals surface area contributed by atoms with E-state index in [1.165, 1.54) is 36.7 Å². The van der Waals surface area contributed by atoms with E-state index < -0.39 is 10.8 Å². The molecule has 8 heteroatoms. The van der Waals surface area contributed by atoms with Crippen molar-refractivity contribution in [3.63, 3.8) is 0 Å². The molecule has 1 heterocycles. The van der Waals surface area contributed by atoms with E-state index >= 15 is 0 Å². The van der Waals surface area contributed by atoms with Crippen LogP contribution in [0, 0.1) is 10.1 Å². The molecule has 0 aliphatic carbocycles. The third-order valence-electron chi connectivity index (χ3n) is 2.74. The summed E-state index contributed by atoms with van der Waals surface area (Å²) in [5.41, 5.74) is 0.916. The first-order valence-corrected chi connectivity index (χ1v) is 6.27. The molecular weight excluding hydrogens is 296 g/mol. The minimum Gasteiger partial charge on any atom is -0.386 e. The van der Waals surface area contributed by atoms with Gasteiger partial charge in [-0.05, 0) is 12.1 Å². The number of hydrogen-bond donors (Lipinski definition) is 2. The second kappa shape index (κ2) is 6.19. The van der Waals surface area contributed by atoms with Crippen LogP contribution in [0.3, 0.4) is 0 Å². The third kappa shape index (κ3) is 3.26. The molecule has 2 N–H and O–H groups in total. The van der Waals surface area contributed by atoms with Gasteiger partial charge in [0.1, 0.15) is 0 Å². The van der Waals surface area contributed by atoms with Crippen LogP contribution in [0.2, 0.25) is 5.02 Å². The molecule has 0 radical (unpaired) electrons. The summed E-state index contributed by atoms with van der Waals surface area (Å²) in [7, 11) is 1.66. The lowest BCUT2D eigenvalue weighted by molar-refractivity contribution is -0.384. The number of anilines is 2. The molecule has 0 saturated heterocycles. The van der Waals surface area contributed by atoms with Gasteiger partial charge in [0.05, 0.1) is 33.1 Å². The molecule has 1 amide bonds. The van der Waals surface area contributed by atoms with Gasteiger partial charge in [0, 0.05) is 25.4 Å². The van der Waals surface area contributed by atoms with Crippen molar-refractivity contribution in [1.82, 2.24) is 4.98 Å². The number of nitrogens with one attached hydrogen (secondary N) is 2. The SMILES string of the molecule is CNc1cnccc1C(=O)Nc1cc([N+](=O)[O-])ccc1Cl. The van der Waals surface area contributed by atoms with E-state index in [4.69, 9.17) is 11.6 Å². The summed E-state index contributed by atoms with van der Waals surface area (Å²) < 4.78 is 0. The first-order valence-electron chi connectivity index (χ1n) is 5.90. The van der Waals surface area contributed by atoms with Gasteiger partial charge < -0.3 is 10.6 Å². The van der Waals surface area contributed by atoms with Gasteiger partial charge in [0.15, 0.2) is 0 Å². The van der Waals surface area contributed by atoms with Crippen LogP contribution in [0.5, 0.6) is 0 Å². The molecule has 1 aromatic carbocycles. The zero-order valence-corrected chi connectivity index (χ0v) is 11.7. The van der Waals surface area contributed by atoms with Crippen molar-refractivity contribution in [3.05, 3.63) is 57.4 Å². The number of benzene rings is 1. The van der Waals surface area contributed by atoms with E-state index in [9.17, 15) is 14.9 Å². The van der Waals surface area contributed by atoms with Gasteiger partial charge in [0.25, 0.3) is 11.6 Å². The molecule has 0 saturated carbocycles. The number of amides is 1. The van der Waals surface area contributed by atoms with Crippen molar-refractivity contribution < 1.29 is 9.72 Å². The monoisotopic (exact) mass is 306 g/mol. The maximum Gasteiger partial charge on any atom is 0.271 e. The Bertz CT molecular complexity index is 706. The number of non-ortho nitro benzene ring substituents is 1. The van der Waals surface area contributed by atoms with E-state index in [-0.39, 0.29) is 16.4 Å². The zero-order valence-electron chi connectivity index (χ0n) is 11.0. The van der Waals surface area contributed by atoms with Crippen LogP contribution < -0.4 is 10.6 Å². The van der Waals surface area contributed by atoms with Gasteiger partial charge in [-0.25, -0.2) is 0 Å². The van der Waals surface area contributed by atoms with Gasteiger partial charge in [-0.2, -0.15) is 0 Å². The molecule has 0 aliphatic heterocycles. The number of carbonyl (C=O) groups is 1. The van der Waals surface area contributed by atoms with Crippen LogP contribution in [0.1, 0.15) is 10.4 Å². The van der Waals surface area contributed by atoms with Crippen molar-refractivity contribution in [2.24, 2.45) is 0 Å². The first-order chi connectivity index (χ1) is 10.0. The highest BCUT2D eigenvalue weighted by Gasteiger charge is 2.15. The van der Waals surface area contributed by atoms with Gasteiger partial charge >= 0.3 is 0 Å². The second-order valence-corrected chi connectivity index (χ2v) is 4.45. The first kappa shape index (κ1) is 14.7. The fraction of sp³-hybridized carbons (Fsp3) is 0.0769. The molecule has 0 fully saturated rings. The zero-order chi connectivity index (χ0) is 15.4. The standard InChI is InChI=1S/C13H11ClN4O3/c1-15-12-7-16-5-4-9(12)13(19)17-11-6-8(18(20)21)2-3-10(11)14/h2-7,15H,1H3,(H,17,19). The summed E-state index contributed by atoms with van der Waals surface area (Å²) in [5.74, 6) is -0.441. The minimum absolute atomic E-state index is 0.154. The van der Waals surface area contributed by atoms with Gasteiger partial charge in [-0.1, -0.05) is 11.6 Å². The highest BCUT2D eigenvalue weighted by atomic mass is 35.5. The normalized spacial score (nSPS) is 10.0. The number of nitro benzene ring substituents is 1. The average molecular weight is 307 g/mol. The lowest BCUT2D eigenvalue weighted by Gasteiger charge is -2.10. The number of hydrogen-bond acceptors (Lipinski definition) is 5. The quantitative estimate of drug-likeness (QED) is 0.668. The van der Waals surface area contributed by atoms with E-state index in [0.717, 1.165) is 0 Å². The number of halogens is 1. The number of pyridine rings is 1. The van der Waals surface area contributed by atoms with Crippen LogP contribution in [-0.4, -0.2) is 22.9 Å². The smallest absolute Gasteiger partial charge is 0.271 e. The molecule has 1 aromatic heterocycles. The Hall–Kier alpha value is -2.67. The lowest BCUT2D eigenvalue weighted by atomic mass is 10.2. The number of aromatic nitrogens is 1. The summed E-state index contributed by atoms with van der Waals surface area (Å²) in [4.78, 5) is 26.3. The van der Waals surface area contributed by atoms with Crippen molar-refractivity contribution in [3.8, 4) is 0 Å². The molecule has 0 unspecified atom stereocenters. The van der Waals surface area contributed by atoms with Crippen molar-refractivity contribution in [2.45, 2.75) is 0 Å². The highest BCUT2D eigenvalue weighted by Crippen LogP contribution is 2.27. The molecule has 7 nitrogen and oxygen atoms in total. The molecule has 0 atom stereocenters. The molecule has 0 bridgehead atoms. The number of carbonyl (C=O) groups excluding carboxylic acids is 1. The Morgan fingerprint density at radius 1 is 1.33 bits per heavy atom. The summed E-state index contributed by atoms with van der Waals surface area (Å²) >= 11 is 5.94. The van der Waals surface area contributed by atoms with Crippen LogP contribution >= 0.6 is 11.6 Å². The Balaban J connectivity index is 2.31. The molecular formula is C13H11ClN4O3. The fourth-order valence-corrected chi connectivity index (χ4v) is 1.87. The molecule has 0 spiro atoms. The van der Waals surface area contributed by atoms with Gasteiger partial charge in [-0.3, -0.25) is 19.9 Å². The van der Waals surface area contributed by atoms with Crippen LogP contribution in [0.4, 0.5) is 17.1 Å². The molecule has 2 rings (SSSR count). The Morgan fingerprint density at radius 2 is 2.10 bits per heavy atom. The minimum atomic E-state index is -0.558. The Labute approximate surface area is 125 Å². The summed E-state index contributed by atoms with van der Waals surface area (Å²) in [6.07, 6.45) is 2.98. The van der Waals surface area contributed by atoms with Crippen LogP contribution in [-0.2, 0) is 0 Å². The van der Waals surface area contributed by atoms with Crippen molar-refractivity contribution in [2.75, 3.05) is 17.7 Å². The van der Waals surface area contributed by atoms with Crippen molar-refractivity contribution in [1.29, 1.82) is 0 Å². The van der Waals surface area contributed by atoms with Crippen LogP contribution in [0.15, 0.2) is 36.7 Å². The number of nitrogens with zero attached hydrogens (tertiary/aromatic N) is 2. The van der Waals surface area contributed by atoms with E-state index in [0.29, 0.717) is 11.3 Å². The van der Waals surface area contributed by atoms with Crippen molar-refractivity contribution >= 4 is 34.6 Å². The molecule has 108 valence electrons. The Morgan fingerprint density at radius 3 is 2.76 bits per heavy atom. The summed E-state index contributed by atoms with van der Waals surface area (Å²) in [6.45, 7) is 0. The highest BCUT2D eigenvalue weighted by molar-refractivity contribution is 6.34. The maximum absolute atomic E-state index is 12.2. The lowest BCUT2D eigenvalue weighted by Crippen LogP contribution is -2.14. The van der Waals surface area contributed by atoms with E-state index in [1.54, 1.807) is 7.05 Å². The topological polar surface area (TPSA) is 97.2 Å². The largest absolute Gasteiger partial charge is 0.386 e. The number of nitro groups is 1. The average Bonchev–Trinajstić information content (AvgIpc) is 2.49. The summed E-state index contributed by atoms with van der Waals surface area (Å²) in [6, 6.07) is 5.37. The van der Waals surface area contributed by atoms with E-state index in [2.05, 4.69) is 15.6 Å². The van der Waals surface area contributed by atoms with E-state index in [1.807, 2.05) is 0 Å². The van der Waals surface area contributed by atoms with Gasteiger partial charge in [0.2, 0.25) is 0 Å². The van der Waals surface area contributed by atoms with Crippen LogP contribution in [0.25, 0.3) is 0 Å². The summed E-state index contributed by atoms with van der Waals surface area (Å²) in [5, 5.41) is 16.4. The second-order valence-electron chi connectivity index (χ2n) is 4.05. The molecule has 0 aliphatic rings. The third-order valence-corrected chi connectivity index (χ3v) is 3.07. The predicted molar refractivity (Wildman–Crippen MR) is 79.8 cm³/mol. The Kier molecular flexibility index (Phi) is 4.34.